The minimum Gasteiger partial charge on any atom is -0.462 e. The molecule has 2 unspecified atom stereocenters. The first kappa shape index (κ1) is 82.1. The fourth-order valence-corrected chi connectivity index (χ4v) is 11.3. The van der Waals surface area contributed by atoms with Gasteiger partial charge in [0.2, 0.25) is 0 Å². The molecule has 84 heavy (non-hydrogen) atoms. The summed E-state index contributed by atoms with van der Waals surface area (Å²) in [5.41, 5.74) is 0. The second-order valence-electron chi connectivity index (χ2n) is 24.5. The van der Waals surface area contributed by atoms with Crippen LogP contribution < -0.4 is 0 Å². The number of rotatable bonds is 64. The maximum absolute atomic E-state index is 13.0. The van der Waals surface area contributed by atoms with Crippen molar-refractivity contribution in [1.29, 1.82) is 0 Å². The van der Waals surface area contributed by atoms with Crippen LogP contribution in [0.1, 0.15) is 324 Å². The molecule has 0 aromatic carbocycles. The Morgan fingerprint density at radius 2 is 0.548 bits per heavy atom. The molecule has 0 aromatic rings. The first-order valence-corrected chi connectivity index (χ1v) is 37.0. The Labute approximate surface area is 511 Å². The van der Waals surface area contributed by atoms with Gasteiger partial charge in [0.15, 0.2) is 12.2 Å². The van der Waals surface area contributed by atoms with E-state index in [2.05, 4.69) is 41.5 Å². The van der Waals surface area contributed by atoms with Gasteiger partial charge in [0.05, 0.1) is 26.4 Å². The molecule has 0 fully saturated rings. The lowest BCUT2D eigenvalue weighted by Gasteiger charge is -2.21. The third-order valence-corrected chi connectivity index (χ3v) is 16.9. The Balaban J connectivity index is 5.18. The summed E-state index contributed by atoms with van der Waals surface area (Å²) in [6.07, 6.45) is 40.5. The molecule has 0 aliphatic carbocycles. The van der Waals surface area contributed by atoms with Crippen LogP contribution in [0.5, 0.6) is 0 Å². The molecule has 498 valence electrons. The molecule has 0 saturated carbocycles. The summed E-state index contributed by atoms with van der Waals surface area (Å²) < 4.78 is 67.9. The summed E-state index contributed by atoms with van der Waals surface area (Å²) >= 11 is 0. The van der Waals surface area contributed by atoms with Crippen molar-refractivity contribution >= 4 is 39.5 Å². The summed E-state index contributed by atoms with van der Waals surface area (Å²) in [5.74, 6) is -0.600. The van der Waals surface area contributed by atoms with Crippen LogP contribution in [0.2, 0.25) is 0 Å². The third-order valence-electron chi connectivity index (χ3n) is 15.0. The normalized spacial score (nSPS) is 14.3. The first-order chi connectivity index (χ1) is 40.4. The molecule has 0 rings (SSSR count). The van der Waals surface area contributed by atoms with Crippen molar-refractivity contribution in [3.05, 3.63) is 0 Å². The average molecular weight is 1240 g/mol. The van der Waals surface area contributed by atoms with Gasteiger partial charge in [-0.3, -0.25) is 37.3 Å². The van der Waals surface area contributed by atoms with Gasteiger partial charge in [0, 0.05) is 25.7 Å². The minimum absolute atomic E-state index is 0.104. The van der Waals surface area contributed by atoms with E-state index >= 15 is 0 Å². The maximum Gasteiger partial charge on any atom is 0.472 e. The Bertz CT molecular complexity index is 1650. The number of esters is 4. The van der Waals surface area contributed by atoms with Crippen LogP contribution in [-0.2, 0) is 65.4 Å². The van der Waals surface area contributed by atoms with E-state index in [1.807, 2.05) is 0 Å². The van der Waals surface area contributed by atoms with Crippen molar-refractivity contribution in [1.82, 2.24) is 0 Å². The van der Waals surface area contributed by atoms with Gasteiger partial charge in [-0.15, -0.1) is 0 Å². The fraction of sp³-hybridized carbons (Fsp3) is 0.938. The number of aliphatic hydroxyl groups excluding tert-OH is 1. The van der Waals surface area contributed by atoms with E-state index in [4.69, 9.17) is 37.0 Å². The van der Waals surface area contributed by atoms with E-state index < -0.39 is 97.5 Å². The molecule has 0 bridgehead atoms. The highest BCUT2D eigenvalue weighted by atomic mass is 31.2. The Kier molecular flexibility index (Phi) is 56.2. The number of hydrogen-bond donors (Lipinski definition) is 3. The topological polar surface area (TPSA) is 237 Å². The van der Waals surface area contributed by atoms with Crippen LogP contribution in [0, 0.1) is 11.8 Å². The molecule has 0 aliphatic heterocycles. The zero-order valence-corrected chi connectivity index (χ0v) is 56.0. The maximum atomic E-state index is 13.0. The molecule has 19 heteroatoms. The zero-order valence-electron chi connectivity index (χ0n) is 54.2. The lowest BCUT2D eigenvalue weighted by molar-refractivity contribution is -0.161. The molecule has 0 amide bonds. The van der Waals surface area contributed by atoms with Gasteiger partial charge in [-0.25, -0.2) is 9.13 Å². The third kappa shape index (κ3) is 59.0. The zero-order chi connectivity index (χ0) is 62.2. The Hall–Kier alpha value is -1.94. The molecule has 3 N–H and O–H groups in total. The van der Waals surface area contributed by atoms with Crippen molar-refractivity contribution in [3.63, 3.8) is 0 Å². The molecular weight excluding hydrogens is 1110 g/mol. The standard InChI is InChI=1S/C65H126O17P2/c1-7-9-11-13-15-30-37-43-49-64(69)81-60(53-75-62(67)47-41-35-27-14-12-10-8-2)55-79-83(71,72)77-51-59(66)52-78-84(73,74)80-56-61(54-76-63(68)48-42-36-31-26-22-24-29-34-40-46-58(5)6)82-65(70)50-44-38-32-25-21-19-17-16-18-20-23-28-33-39-45-57(3)4/h57-61,66H,7-56H2,1-6H3,(H,71,72)(H,73,74)/t59-,60+,61+/m0/s1. The summed E-state index contributed by atoms with van der Waals surface area (Å²) in [5, 5.41) is 10.5. The van der Waals surface area contributed by atoms with Crippen molar-refractivity contribution in [2.24, 2.45) is 11.8 Å². The van der Waals surface area contributed by atoms with Crippen LogP contribution in [0.3, 0.4) is 0 Å². The van der Waals surface area contributed by atoms with Crippen molar-refractivity contribution < 1.29 is 80.2 Å². The lowest BCUT2D eigenvalue weighted by Crippen LogP contribution is -2.30. The summed E-state index contributed by atoms with van der Waals surface area (Å²) in [6.45, 7) is 9.44. The fourth-order valence-electron chi connectivity index (χ4n) is 9.71. The Morgan fingerprint density at radius 3 is 0.810 bits per heavy atom. The highest BCUT2D eigenvalue weighted by Crippen LogP contribution is 2.45. The van der Waals surface area contributed by atoms with Gasteiger partial charge in [0.1, 0.15) is 19.3 Å². The summed E-state index contributed by atoms with van der Waals surface area (Å²) in [6, 6.07) is 0. The number of phosphoric acid groups is 2. The van der Waals surface area contributed by atoms with Gasteiger partial charge >= 0.3 is 39.5 Å². The molecule has 0 radical (unpaired) electrons. The quantitative estimate of drug-likeness (QED) is 0.0222. The number of aliphatic hydroxyl groups is 1. The highest BCUT2D eigenvalue weighted by Gasteiger charge is 2.30. The van der Waals surface area contributed by atoms with Crippen LogP contribution in [0.4, 0.5) is 0 Å². The lowest BCUT2D eigenvalue weighted by atomic mass is 10.0. The van der Waals surface area contributed by atoms with Crippen LogP contribution >= 0.6 is 15.6 Å². The summed E-state index contributed by atoms with van der Waals surface area (Å²) in [4.78, 5) is 72.1. The van der Waals surface area contributed by atoms with E-state index in [-0.39, 0.29) is 25.7 Å². The number of carbonyl (C=O) groups excluding carboxylic acids is 4. The molecule has 0 aromatic heterocycles. The second kappa shape index (κ2) is 57.5. The van der Waals surface area contributed by atoms with Crippen molar-refractivity contribution in [3.8, 4) is 0 Å². The monoisotopic (exact) mass is 1240 g/mol. The number of ether oxygens (including phenoxy) is 4. The molecule has 0 aliphatic rings. The van der Waals surface area contributed by atoms with Crippen molar-refractivity contribution in [2.75, 3.05) is 39.6 Å². The number of phosphoric ester groups is 2. The van der Waals surface area contributed by atoms with Gasteiger partial charge in [0.25, 0.3) is 0 Å². The minimum atomic E-state index is -4.95. The first-order valence-electron chi connectivity index (χ1n) is 34.0. The van der Waals surface area contributed by atoms with Gasteiger partial charge in [-0.2, -0.15) is 0 Å². The van der Waals surface area contributed by atoms with E-state index in [0.717, 1.165) is 121 Å². The van der Waals surface area contributed by atoms with E-state index in [1.54, 1.807) is 0 Å². The average Bonchev–Trinajstić information content (AvgIpc) is 3.54. The van der Waals surface area contributed by atoms with Gasteiger partial charge < -0.3 is 33.8 Å². The predicted octanol–water partition coefficient (Wildman–Crippen LogP) is 18.0. The van der Waals surface area contributed by atoms with Gasteiger partial charge in [-0.1, -0.05) is 273 Å². The molecule has 0 saturated heterocycles. The second-order valence-corrected chi connectivity index (χ2v) is 27.4. The molecule has 17 nitrogen and oxygen atoms in total. The number of hydrogen-bond acceptors (Lipinski definition) is 15. The molecular formula is C65H126O17P2. The smallest absolute Gasteiger partial charge is 0.462 e. The Morgan fingerprint density at radius 1 is 0.321 bits per heavy atom. The van der Waals surface area contributed by atoms with Crippen LogP contribution in [0.15, 0.2) is 0 Å². The van der Waals surface area contributed by atoms with Crippen LogP contribution in [0.25, 0.3) is 0 Å². The molecule has 0 heterocycles. The number of unbranched alkanes of at least 4 members (excludes halogenated alkanes) is 34. The highest BCUT2D eigenvalue weighted by molar-refractivity contribution is 7.47. The largest absolute Gasteiger partial charge is 0.472 e. The predicted molar refractivity (Wildman–Crippen MR) is 335 cm³/mol. The summed E-state index contributed by atoms with van der Waals surface area (Å²) in [7, 11) is -9.88. The van der Waals surface area contributed by atoms with Gasteiger partial charge in [-0.05, 0) is 37.5 Å². The van der Waals surface area contributed by atoms with E-state index in [9.17, 15) is 43.2 Å². The van der Waals surface area contributed by atoms with E-state index in [1.165, 1.54) is 122 Å². The number of carbonyl (C=O) groups is 4. The van der Waals surface area contributed by atoms with Crippen molar-refractivity contribution in [2.45, 2.75) is 342 Å². The SMILES string of the molecule is CCCCCCCCCCC(=O)O[C@H](COC(=O)CCCCCCCCC)COP(=O)(O)OC[C@H](O)COP(=O)(O)OC[C@@H](COC(=O)CCCCCCCCCCCC(C)C)OC(=O)CCCCCCCCCCCCCCCCC(C)C. The van der Waals surface area contributed by atoms with E-state index in [0.29, 0.717) is 25.7 Å². The van der Waals surface area contributed by atoms with Crippen LogP contribution in [-0.4, -0.2) is 96.7 Å². The molecule has 0 spiro atoms. The molecule has 5 atom stereocenters.